The van der Waals surface area contributed by atoms with Crippen molar-refractivity contribution in [1.29, 1.82) is 0 Å². The molecule has 0 bridgehead atoms. The van der Waals surface area contributed by atoms with Gasteiger partial charge < -0.3 is 4.90 Å². The van der Waals surface area contributed by atoms with E-state index in [-0.39, 0.29) is 0 Å². The van der Waals surface area contributed by atoms with Crippen molar-refractivity contribution in [3.63, 3.8) is 0 Å². The fourth-order valence-corrected chi connectivity index (χ4v) is 3.25. The zero-order valence-corrected chi connectivity index (χ0v) is 13.9. The Bertz CT molecular complexity index is 178. The molecule has 1 nitrogen and oxygen atoms in total. The molecule has 0 aliphatic rings. The van der Waals surface area contributed by atoms with E-state index in [1.807, 2.05) is 0 Å². The largest absolute Gasteiger partial charge is 0.303 e. The fraction of sp³-hybridized carbons (Fsp3) is 1.00. The maximum Gasteiger partial charge on any atom is 0.0229 e. The topological polar surface area (TPSA) is 3.24 Å². The van der Waals surface area contributed by atoms with Gasteiger partial charge in [-0.2, -0.15) is 0 Å². The lowest BCUT2D eigenvalue weighted by Crippen LogP contribution is -2.49. The molecule has 0 heterocycles. The first-order valence-corrected chi connectivity index (χ1v) is 8.22. The standard InChI is InChI=1S/C17H37N/c1-7-10-13-16(4)17(18(5)6,14-11-8-2)15-12-9-3/h16H,7-15H2,1-6H3. The van der Waals surface area contributed by atoms with Gasteiger partial charge in [0.1, 0.15) is 0 Å². The lowest BCUT2D eigenvalue weighted by molar-refractivity contribution is 0.0554. The third kappa shape index (κ3) is 5.30. The van der Waals surface area contributed by atoms with E-state index in [1.165, 1.54) is 57.8 Å². The lowest BCUT2D eigenvalue weighted by Gasteiger charge is -2.46. The maximum atomic E-state index is 2.54. The highest BCUT2D eigenvalue weighted by Crippen LogP contribution is 2.36. The van der Waals surface area contributed by atoms with Crippen LogP contribution in [-0.2, 0) is 0 Å². The van der Waals surface area contributed by atoms with Crippen molar-refractivity contribution >= 4 is 0 Å². The van der Waals surface area contributed by atoms with Crippen LogP contribution < -0.4 is 0 Å². The highest BCUT2D eigenvalue weighted by atomic mass is 15.1. The summed E-state index contributed by atoms with van der Waals surface area (Å²) in [5.74, 6) is 0.825. The Morgan fingerprint density at radius 1 is 0.833 bits per heavy atom. The summed E-state index contributed by atoms with van der Waals surface area (Å²) in [5, 5.41) is 0. The average Bonchev–Trinajstić information content (AvgIpc) is 2.36. The van der Waals surface area contributed by atoms with Crippen LogP contribution in [0.1, 0.15) is 85.5 Å². The molecule has 0 radical (unpaired) electrons. The Labute approximate surface area is 116 Å². The zero-order chi connectivity index (χ0) is 14.0. The summed E-state index contributed by atoms with van der Waals surface area (Å²) in [6.07, 6.45) is 12.2. The van der Waals surface area contributed by atoms with Crippen LogP contribution in [0.2, 0.25) is 0 Å². The van der Waals surface area contributed by atoms with Crippen LogP contribution in [0.15, 0.2) is 0 Å². The SMILES string of the molecule is CCCCC(C)C(CCCC)(CCCC)N(C)C. The van der Waals surface area contributed by atoms with Crippen LogP contribution in [0.3, 0.4) is 0 Å². The summed E-state index contributed by atoms with van der Waals surface area (Å²) >= 11 is 0. The fourth-order valence-electron chi connectivity index (χ4n) is 3.25. The molecular formula is C17H37N. The third-order valence-corrected chi connectivity index (χ3v) is 4.73. The van der Waals surface area contributed by atoms with Gasteiger partial charge in [-0.25, -0.2) is 0 Å². The average molecular weight is 255 g/mol. The van der Waals surface area contributed by atoms with E-state index in [1.54, 1.807) is 0 Å². The maximum absolute atomic E-state index is 2.54. The molecule has 0 N–H and O–H groups in total. The van der Waals surface area contributed by atoms with Crippen molar-refractivity contribution in [2.45, 2.75) is 91.0 Å². The normalized spacial score (nSPS) is 14.2. The van der Waals surface area contributed by atoms with Crippen LogP contribution in [0, 0.1) is 5.92 Å². The van der Waals surface area contributed by atoms with Gasteiger partial charge in [-0.3, -0.25) is 0 Å². The van der Waals surface area contributed by atoms with E-state index in [0.29, 0.717) is 5.54 Å². The van der Waals surface area contributed by atoms with E-state index in [4.69, 9.17) is 0 Å². The predicted octanol–water partition coefficient (Wildman–Crippen LogP) is 5.49. The summed E-state index contributed by atoms with van der Waals surface area (Å²) in [6.45, 7) is 9.43. The van der Waals surface area contributed by atoms with Gasteiger partial charge in [0.05, 0.1) is 0 Å². The van der Waals surface area contributed by atoms with Crippen LogP contribution in [0.5, 0.6) is 0 Å². The number of unbranched alkanes of at least 4 members (excludes halogenated alkanes) is 3. The number of rotatable bonds is 11. The number of hydrogen-bond acceptors (Lipinski definition) is 1. The molecule has 0 aromatic rings. The van der Waals surface area contributed by atoms with Gasteiger partial charge in [-0.1, -0.05) is 66.2 Å². The third-order valence-electron chi connectivity index (χ3n) is 4.73. The highest BCUT2D eigenvalue weighted by molar-refractivity contribution is 4.92. The van der Waals surface area contributed by atoms with Crippen LogP contribution >= 0.6 is 0 Å². The van der Waals surface area contributed by atoms with Gasteiger partial charge >= 0.3 is 0 Å². The highest BCUT2D eigenvalue weighted by Gasteiger charge is 2.36. The van der Waals surface area contributed by atoms with Crippen molar-refractivity contribution in [2.75, 3.05) is 14.1 Å². The number of nitrogens with zero attached hydrogens (tertiary/aromatic N) is 1. The molecule has 0 fully saturated rings. The smallest absolute Gasteiger partial charge is 0.0229 e. The molecule has 0 aliphatic carbocycles. The minimum atomic E-state index is 0.446. The molecular weight excluding hydrogens is 218 g/mol. The van der Waals surface area contributed by atoms with Crippen LogP contribution in [0.25, 0.3) is 0 Å². The minimum absolute atomic E-state index is 0.446. The van der Waals surface area contributed by atoms with E-state index < -0.39 is 0 Å². The zero-order valence-electron chi connectivity index (χ0n) is 13.9. The first-order chi connectivity index (χ1) is 8.55. The van der Waals surface area contributed by atoms with Crippen molar-refractivity contribution in [3.05, 3.63) is 0 Å². The molecule has 0 aromatic heterocycles. The molecule has 0 amide bonds. The molecule has 1 atom stereocenters. The molecule has 110 valence electrons. The second-order valence-corrected chi connectivity index (χ2v) is 6.25. The van der Waals surface area contributed by atoms with E-state index in [0.717, 1.165) is 5.92 Å². The summed E-state index contributed by atoms with van der Waals surface area (Å²) in [6, 6.07) is 0. The lowest BCUT2D eigenvalue weighted by atomic mass is 9.74. The van der Waals surface area contributed by atoms with Gasteiger partial charge in [0, 0.05) is 5.54 Å². The summed E-state index contributed by atoms with van der Waals surface area (Å²) in [7, 11) is 4.60. The minimum Gasteiger partial charge on any atom is -0.303 e. The molecule has 18 heavy (non-hydrogen) atoms. The van der Waals surface area contributed by atoms with Gasteiger partial charge in [0.2, 0.25) is 0 Å². The van der Waals surface area contributed by atoms with Gasteiger partial charge in [-0.15, -0.1) is 0 Å². The predicted molar refractivity (Wildman–Crippen MR) is 84.2 cm³/mol. The van der Waals surface area contributed by atoms with E-state index in [2.05, 4.69) is 46.7 Å². The van der Waals surface area contributed by atoms with Crippen molar-refractivity contribution in [1.82, 2.24) is 4.90 Å². The van der Waals surface area contributed by atoms with Crippen molar-refractivity contribution < 1.29 is 0 Å². The molecule has 0 aliphatic heterocycles. The van der Waals surface area contributed by atoms with Gasteiger partial charge in [0.25, 0.3) is 0 Å². The molecule has 0 spiro atoms. The van der Waals surface area contributed by atoms with Crippen LogP contribution in [-0.4, -0.2) is 24.5 Å². The molecule has 0 saturated carbocycles. The first-order valence-electron chi connectivity index (χ1n) is 8.22. The quantitative estimate of drug-likeness (QED) is 0.471. The van der Waals surface area contributed by atoms with Gasteiger partial charge in [0.15, 0.2) is 0 Å². The second kappa shape index (κ2) is 9.83. The Morgan fingerprint density at radius 3 is 1.61 bits per heavy atom. The second-order valence-electron chi connectivity index (χ2n) is 6.25. The summed E-state index contributed by atoms with van der Waals surface area (Å²) in [4.78, 5) is 2.54. The Balaban J connectivity index is 4.79. The molecule has 1 unspecified atom stereocenters. The van der Waals surface area contributed by atoms with E-state index in [9.17, 15) is 0 Å². The molecule has 0 saturated heterocycles. The monoisotopic (exact) mass is 255 g/mol. The molecule has 0 rings (SSSR count). The number of hydrogen-bond donors (Lipinski definition) is 0. The van der Waals surface area contributed by atoms with Gasteiger partial charge in [-0.05, 0) is 39.3 Å². The first kappa shape index (κ1) is 18.0. The Hall–Kier alpha value is -0.0400. The summed E-state index contributed by atoms with van der Waals surface area (Å²) < 4.78 is 0. The van der Waals surface area contributed by atoms with Crippen LogP contribution in [0.4, 0.5) is 0 Å². The Kier molecular flexibility index (Phi) is 9.81. The Morgan fingerprint density at radius 2 is 1.28 bits per heavy atom. The van der Waals surface area contributed by atoms with E-state index >= 15 is 0 Å². The summed E-state index contributed by atoms with van der Waals surface area (Å²) in [5.41, 5.74) is 0.446. The molecule has 1 heteroatoms. The molecule has 0 aromatic carbocycles. The van der Waals surface area contributed by atoms with Crippen molar-refractivity contribution in [2.24, 2.45) is 5.92 Å². The van der Waals surface area contributed by atoms with Crippen molar-refractivity contribution in [3.8, 4) is 0 Å².